The van der Waals surface area contributed by atoms with E-state index in [9.17, 15) is 0 Å². The Hall–Kier alpha value is -3.77. The van der Waals surface area contributed by atoms with E-state index in [2.05, 4.69) is 133 Å². The van der Waals surface area contributed by atoms with Crippen molar-refractivity contribution in [3.63, 3.8) is 0 Å². The fourth-order valence-electron chi connectivity index (χ4n) is 11.9. The van der Waals surface area contributed by atoms with E-state index < -0.39 is 0 Å². The summed E-state index contributed by atoms with van der Waals surface area (Å²) < 4.78 is 6.43. The van der Waals surface area contributed by atoms with Gasteiger partial charge in [-0.15, -0.1) is 18.2 Å². The molecule has 242 valence electrons. The number of fused-ring (bicyclic) bond motifs is 6. The average molecular weight is 872 g/mol. The van der Waals surface area contributed by atoms with Crippen molar-refractivity contribution in [2.24, 2.45) is 29.6 Å². The molecule has 0 N–H and O–H groups in total. The number of hydrogen-bond acceptors (Lipinski definition) is 2. The standard InChI is InChI=1S/C47H39NO.U/c1-46-29-38(20-22-45(46)47(42-13-7-6-12-41(42)46)34-24-30-23-31(26-34)27-35(47)25-30)48(36-17-15-33(16-18-36)32-9-3-2-4-10-32)37-19-21-40-39-11-5-8-14-43(39)49-44(40)28-37;/h2-9,11-15,17-22,28-31,34-35,45H,23-27H2,1H3;/q-2;+2. The number of allylic oxidation sites excluding steroid dienone is 3. The molecule has 2 nitrogen and oxygen atoms in total. The van der Waals surface area contributed by atoms with Gasteiger partial charge in [-0.1, -0.05) is 61.5 Å². The summed E-state index contributed by atoms with van der Waals surface area (Å²) in [5.41, 5.74) is 10.7. The first-order valence-electron chi connectivity index (χ1n) is 18.3. The molecular weight excluding hydrogens is 833 g/mol. The van der Waals surface area contributed by atoms with Crippen LogP contribution in [0.2, 0.25) is 0 Å². The quantitative estimate of drug-likeness (QED) is 0.164. The van der Waals surface area contributed by atoms with Crippen molar-refractivity contribution >= 4 is 33.3 Å². The molecule has 3 heteroatoms. The van der Waals surface area contributed by atoms with Gasteiger partial charge in [0.2, 0.25) is 0 Å². The first-order chi connectivity index (χ1) is 24.1. The van der Waals surface area contributed by atoms with Gasteiger partial charge in [0.05, 0.1) is 0 Å². The van der Waals surface area contributed by atoms with Crippen molar-refractivity contribution < 1.29 is 35.5 Å². The Morgan fingerprint density at radius 2 is 1.38 bits per heavy atom. The van der Waals surface area contributed by atoms with Gasteiger partial charge in [0.25, 0.3) is 0 Å². The van der Waals surface area contributed by atoms with Gasteiger partial charge in [-0.2, -0.15) is 36.4 Å². The van der Waals surface area contributed by atoms with Gasteiger partial charge >= 0.3 is 31.1 Å². The Morgan fingerprint density at radius 3 is 2.14 bits per heavy atom. The van der Waals surface area contributed by atoms with Crippen LogP contribution in [0.5, 0.6) is 0 Å². The monoisotopic (exact) mass is 871 g/mol. The maximum Gasteiger partial charge on any atom is 2.00 e. The fourth-order valence-corrected chi connectivity index (χ4v) is 11.9. The van der Waals surface area contributed by atoms with Crippen molar-refractivity contribution in [2.45, 2.75) is 49.9 Å². The Labute approximate surface area is 318 Å². The minimum absolute atomic E-state index is 0. The van der Waals surface area contributed by atoms with Crippen LogP contribution in [0.1, 0.15) is 50.2 Å². The van der Waals surface area contributed by atoms with Gasteiger partial charge in [-0.25, -0.2) is 11.1 Å². The van der Waals surface area contributed by atoms with Gasteiger partial charge in [-0.3, -0.25) is 0 Å². The molecule has 4 bridgehead atoms. The van der Waals surface area contributed by atoms with Crippen LogP contribution in [0.4, 0.5) is 11.4 Å². The molecule has 6 aliphatic carbocycles. The molecule has 6 aliphatic rings. The normalized spacial score (nSPS) is 29.9. The second kappa shape index (κ2) is 11.4. The van der Waals surface area contributed by atoms with Gasteiger partial charge in [-0.05, 0) is 96.9 Å². The molecule has 0 radical (unpaired) electrons. The second-order valence-corrected chi connectivity index (χ2v) is 15.8. The number of rotatable bonds is 4. The summed E-state index contributed by atoms with van der Waals surface area (Å²) in [7, 11) is 0. The van der Waals surface area contributed by atoms with E-state index in [-0.39, 0.29) is 41.9 Å². The molecule has 12 rings (SSSR count). The van der Waals surface area contributed by atoms with Gasteiger partial charge in [0.15, 0.2) is 0 Å². The zero-order chi connectivity index (χ0) is 32.3. The maximum atomic E-state index is 6.43. The van der Waals surface area contributed by atoms with Gasteiger partial charge in [0.1, 0.15) is 11.2 Å². The van der Waals surface area contributed by atoms with E-state index in [1.807, 2.05) is 18.2 Å². The molecule has 0 aliphatic heterocycles. The molecule has 5 aromatic carbocycles. The van der Waals surface area contributed by atoms with E-state index in [1.165, 1.54) is 37.8 Å². The third-order valence-corrected chi connectivity index (χ3v) is 13.5. The van der Waals surface area contributed by atoms with Crippen LogP contribution in [-0.4, -0.2) is 0 Å². The summed E-state index contributed by atoms with van der Waals surface area (Å²) in [4.78, 5) is 2.42. The topological polar surface area (TPSA) is 16.4 Å². The second-order valence-electron chi connectivity index (χ2n) is 15.8. The van der Waals surface area contributed by atoms with Crippen molar-refractivity contribution in [1.82, 2.24) is 0 Å². The van der Waals surface area contributed by atoms with Crippen molar-refractivity contribution in [1.29, 1.82) is 0 Å². The Kier molecular flexibility index (Phi) is 7.05. The summed E-state index contributed by atoms with van der Waals surface area (Å²) in [6.45, 7) is 2.54. The number of hydrogen-bond donors (Lipinski definition) is 0. The molecule has 2 atom stereocenters. The van der Waals surface area contributed by atoms with Gasteiger partial charge in [0, 0.05) is 45.0 Å². The zero-order valence-corrected chi connectivity index (χ0v) is 32.6. The fraction of sp³-hybridized carbons (Fsp3) is 0.277. The molecular formula is C47H39NOU. The molecule has 1 heterocycles. The number of para-hydroxylation sites is 1. The number of nitrogens with zero attached hydrogens (tertiary/aromatic N) is 1. The molecule has 0 amide bonds. The maximum absolute atomic E-state index is 6.43. The zero-order valence-electron chi connectivity index (χ0n) is 28.4. The van der Waals surface area contributed by atoms with Crippen molar-refractivity contribution in [3.8, 4) is 11.1 Å². The molecule has 50 heavy (non-hydrogen) atoms. The number of benzene rings is 5. The summed E-state index contributed by atoms with van der Waals surface area (Å²) in [6, 6.07) is 46.3. The van der Waals surface area contributed by atoms with Crippen molar-refractivity contribution in [2.75, 3.05) is 4.90 Å². The summed E-state index contributed by atoms with van der Waals surface area (Å²) in [5, 5.41) is 2.30. The average Bonchev–Trinajstić information content (AvgIpc) is 3.61. The predicted molar refractivity (Wildman–Crippen MR) is 199 cm³/mol. The molecule has 0 saturated heterocycles. The van der Waals surface area contributed by atoms with Crippen LogP contribution in [0.25, 0.3) is 33.1 Å². The Morgan fingerprint density at radius 1 is 0.680 bits per heavy atom. The first kappa shape index (κ1) is 31.0. The summed E-state index contributed by atoms with van der Waals surface area (Å²) in [5.74, 6) is 3.95. The molecule has 2 unspecified atom stereocenters. The minimum atomic E-state index is -0.0968. The Balaban J connectivity index is 0.00000316. The summed E-state index contributed by atoms with van der Waals surface area (Å²) >= 11 is 0. The van der Waals surface area contributed by atoms with E-state index in [1.54, 1.807) is 11.1 Å². The molecule has 1 aromatic heterocycles. The third kappa shape index (κ3) is 4.26. The third-order valence-electron chi connectivity index (χ3n) is 13.5. The van der Waals surface area contributed by atoms with Gasteiger partial charge < -0.3 is 9.32 Å². The van der Waals surface area contributed by atoms with E-state index in [0.29, 0.717) is 5.92 Å². The molecule has 4 saturated carbocycles. The van der Waals surface area contributed by atoms with E-state index in [4.69, 9.17) is 4.42 Å². The van der Waals surface area contributed by atoms with Crippen LogP contribution < -0.4 is 4.90 Å². The summed E-state index contributed by atoms with van der Waals surface area (Å²) in [6.07, 6.45) is 14.9. The number of furan rings is 1. The minimum Gasteiger partial charge on any atom is -0.456 e. The van der Waals surface area contributed by atoms with E-state index in [0.717, 1.165) is 68.1 Å². The number of anilines is 2. The van der Waals surface area contributed by atoms with Crippen molar-refractivity contribution in [3.05, 3.63) is 156 Å². The predicted octanol–water partition coefficient (Wildman–Crippen LogP) is 11.7. The largest absolute Gasteiger partial charge is 2.00 e. The van der Waals surface area contributed by atoms with Crippen LogP contribution >= 0.6 is 0 Å². The van der Waals surface area contributed by atoms with Crippen LogP contribution in [0.3, 0.4) is 0 Å². The smallest absolute Gasteiger partial charge is 0.456 e. The molecule has 6 aromatic rings. The van der Waals surface area contributed by atoms with E-state index >= 15 is 0 Å². The molecule has 4 fully saturated rings. The molecule has 1 spiro atoms. The first-order valence-corrected chi connectivity index (χ1v) is 18.3. The van der Waals surface area contributed by atoms with Crippen LogP contribution in [-0.2, 0) is 10.8 Å². The Bertz CT molecular complexity index is 2300. The van der Waals surface area contributed by atoms with Crippen LogP contribution in [0.15, 0.2) is 138 Å². The SMILES string of the molecule is CC12C=C(N(c3c[c-]c(-c4[c-]cccc4)cc3)c3ccc4c(c3)oc3ccccc34)C=CC1C1(c3ccccc32)C2CC3CC(C2)CC1C3.[U+2]. The van der Waals surface area contributed by atoms with Crippen LogP contribution in [0, 0.1) is 72.8 Å².